The van der Waals surface area contributed by atoms with Crippen LogP contribution in [0.3, 0.4) is 0 Å². The van der Waals surface area contributed by atoms with Crippen molar-refractivity contribution in [3.8, 4) is 0 Å². The van der Waals surface area contributed by atoms with Crippen molar-refractivity contribution in [3.05, 3.63) is 11.1 Å². The average molecular weight is 234 g/mol. The summed E-state index contributed by atoms with van der Waals surface area (Å²) in [5, 5.41) is 9.62. The standard InChI is InChI=1S/C15H22O2/c1-8-4-5-10-9(2)12(17)6-11-14(13(8)10)15(11,3)7-16/h8,11,13-14,16H,4-7H2,1-3H3/t8-,11-,13-,14-,15-/m1/s1. The second kappa shape index (κ2) is 3.44. The van der Waals surface area contributed by atoms with Crippen molar-refractivity contribution in [1.82, 2.24) is 0 Å². The molecule has 0 spiro atoms. The Balaban J connectivity index is 2.04. The third-order valence-corrected chi connectivity index (χ3v) is 5.85. The van der Waals surface area contributed by atoms with E-state index in [1.807, 2.05) is 6.92 Å². The zero-order valence-electron chi connectivity index (χ0n) is 11.0. The SMILES string of the molecule is CC1=C2CC[C@@H](C)[C@H]2[C@H]2[C@@H](CC1=O)[C@@]2(C)CO. The number of rotatable bonds is 1. The van der Waals surface area contributed by atoms with Crippen LogP contribution in [0.2, 0.25) is 0 Å². The van der Waals surface area contributed by atoms with Gasteiger partial charge in [0.25, 0.3) is 0 Å². The van der Waals surface area contributed by atoms with Gasteiger partial charge in [-0.25, -0.2) is 0 Å². The van der Waals surface area contributed by atoms with Crippen LogP contribution in [-0.4, -0.2) is 17.5 Å². The first-order valence-corrected chi connectivity index (χ1v) is 6.84. The highest BCUT2D eigenvalue weighted by molar-refractivity contribution is 5.96. The maximum absolute atomic E-state index is 12.2. The highest BCUT2D eigenvalue weighted by atomic mass is 16.3. The molecule has 2 saturated carbocycles. The van der Waals surface area contributed by atoms with Gasteiger partial charge in [0.2, 0.25) is 0 Å². The molecule has 0 aliphatic heterocycles. The molecule has 2 heteroatoms. The molecule has 0 aromatic carbocycles. The van der Waals surface area contributed by atoms with Crippen molar-refractivity contribution >= 4 is 5.78 Å². The fourth-order valence-electron chi connectivity index (χ4n) is 4.56. The van der Waals surface area contributed by atoms with Gasteiger partial charge in [-0.1, -0.05) is 19.4 Å². The van der Waals surface area contributed by atoms with E-state index in [9.17, 15) is 9.90 Å². The van der Waals surface area contributed by atoms with Gasteiger partial charge < -0.3 is 5.11 Å². The van der Waals surface area contributed by atoms with E-state index in [2.05, 4.69) is 13.8 Å². The zero-order valence-corrected chi connectivity index (χ0v) is 11.0. The third-order valence-electron chi connectivity index (χ3n) is 5.85. The second-order valence-corrected chi connectivity index (χ2v) is 6.62. The number of carbonyl (C=O) groups is 1. The molecule has 3 aliphatic rings. The summed E-state index contributed by atoms with van der Waals surface area (Å²) < 4.78 is 0. The van der Waals surface area contributed by atoms with E-state index < -0.39 is 0 Å². The van der Waals surface area contributed by atoms with E-state index >= 15 is 0 Å². The number of ketones is 1. The molecule has 94 valence electrons. The van der Waals surface area contributed by atoms with E-state index in [-0.39, 0.29) is 12.0 Å². The lowest BCUT2D eigenvalue weighted by molar-refractivity contribution is -0.116. The van der Waals surface area contributed by atoms with Crippen LogP contribution in [0.15, 0.2) is 11.1 Å². The molecule has 0 saturated heterocycles. The minimum atomic E-state index is 0.0187. The summed E-state index contributed by atoms with van der Waals surface area (Å²) in [6.07, 6.45) is 2.99. The Hall–Kier alpha value is -0.630. The number of hydrogen-bond donors (Lipinski definition) is 1. The molecule has 0 aromatic rings. The van der Waals surface area contributed by atoms with Gasteiger partial charge in [0.1, 0.15) is 0 Å². The summed E-state index contributed by atoms with van der Waals surface area (Å²) in [5.74, 6) is 2.58. The summed E-state index contributed by atoms with van der Waals surface area (Å²) in [7, 11) is 0. The lowest BCUT2D eigenvalue weighted by atomic mass is 9.84. The fraction of sp³-hybridized carbons (Fsp3) is 0.800. The predicted octanol–water partition coefficient (Wildman–Crippen LogP) is 2.57. The van der Waals surface area contributed by atoms with Crippen LogP contribution in [0.25, 0.3) is 0 Å². The summed E-state index contributed by atoms with van der Waals surface area (Å²) in [6.45, 7) is 6.74. The largest absolute Gasteiger partial charge is 0.396 e. The topological polar surface area (TPSA) is 37.3 Å². The molecular weight excluding hydrogens is 212 g/mol. The molecule has 2 fully saturated rings. The quantitative estimate of drug-likeness (QED) is 0.757. The van der Waals surface area contributed by atoms with Crippen LogP contribution < -0.4 is 0 Å². The summed E-state index contributed by atoms with van der Waals surface area (Å²) in [4.78, 5) is 12.2. The molecule has 0 aromatic heterocycles. The van der Waals surface area contributed by atoms with Gasteiger partial charge in [-0.15, -0.1) is 0 Å². The number of carbonyl (C=O) groups excluding carboxylic acids is 1. The van der Waals surface area contributed by atoms with Gasteiger partial charge in [-0.3, -0.25) is 4.79 Å². The zero-order chi connectivity index (χ0) is 12.4. The first-order valence-electron chi connectivity index (χ1n) is 6.84. The Morgan fingerprint density at radius 3 is 2.82 bits per heavy atom. The molecule has 5 atom stereocenters. The van der Waals surface area contributed by atoms with Gasteiger partial charge in [0.15, 0.2) is 5.78 Å². The van der Waals surface area contributed by atoms with Gasteiger partial charge >= 0.3 is 0 Å². The molecule has 3 aliphatic carbocycles. The van der Waals surface area contributed by atoms with Crippen molar-refractivity contribution in [1.29, 1.82) is 0 Å². The summed E-state index contributed by atoms with van der Waals surface area (Å²) in [6, 6.07) is 0. The maximum atomic E-state index is 12.2. The first kappa shape index (κ1) is 11.5. The molecule has 0 radical (unpaired) electrons. The fourth-order valence-corrected chi connectivity index (χ4v) is 4.56. The molecule has 0 heterocycles. The molecule has 0 bridgehead atoms. The van der Waals surface area contributed by atoms with Crippen molar-refractivity contribution in [3.63, 3.8) is 0 Å². The molecule has 3 rings (SSSR count). The van der Waals surface area contributed by atoms with Crippen LogP contribution in [0, 0.1) is 29.1 Å². The number of fused-ring (bicyclic) bond motifs is 3. The second-order valence-electron chi connectivity index (χ2n) is 6.62. The molecular formula is C15H22O2. The summed E-state index contributed by atoms with van der Waals surface area (Å²) >= 11 is 0. The minimum Gasteiger partial charge on any atom is -0.396 e. The van der Waals surface area contributed by atoms with Crippen LogP contribution in [0.1, 0.15) is 40.0 Å². The van der Waals surface area contributed by atoms with Gasteiger partial charge in [0.05, 0.1) is 0 Å². The molecule has 1 N–H and O–H groups in total. The molecule has 17 heavy (non-hydrogen) atoms. The average Bonchev–Trinajstić information content (AvgIpc) is 2.72. The lowest BCUT2D eigenvalue weighted by Crippen LogP contribution is -2.17. The summed E-state index contributed by atoms with van der Waals surface area (Å²) in [5.41, 5.74) is 2.49. The van der Waals surface area contributed by atoms with E-state index in [4.69, 9.17) is 0 Å². The van der Waals surface area contributed by atoms with Crippen LogP contribution in [0.5, 0.6) is 0 Å². The maximum Gasteiger partial charge on any atom is 0.158 e. The van der Waals surface area contributed by atoms with Crippen LogP contribution in [-0.2, 0) is 4.79 Å². The molecule has 2 nitrogen and oxygen atoms in total. The third kappa shape index (κ3) is 1.33. The highest BCUT2D eigenvalue weighted by Crippen LogP contribution is 2.69. The van der Waals surface area contributed by atoms with Crippen molar-refractivity contribution in [2.75, 3.05) is 6.61 Å². The van der Waals surface area contributed by atoms with Crippen LogP contribution >= 0.6 is 0 Å². The Kier molecular flexibility index (Phi) is 2.32. The lowest BCUT2D eigenvalue weighted by Gasteiger charge is -2.21. The van der Waals surface area contributed by atoms with E-state index in [0.29, 0.717) is 35.9 Å². The van der Waals surface area contributed by atoms with Gasteiger partial charge in [-0.2, -0.15) is 0 Å². The Labute approximate surface area is 103 Å². The number of Topliss-reactive ketones (excluding diaryl/α,β-unsaturated/α-hetero) is 1. The Morgan fingerprint density at radius 2 is 2.18 bits per heavy atom. The molecule has 0 amide bonds. The number of allylic oxidation sites excluding steroid dienone is 2. The van der Waals surface area contributed by atoms with E-state index in [1.165, 1.54) is 12.0 Å². The van der Waals surface area contributed by atoms with E-state index in [0.717, 1.165) is 12.0 Å². The normalized spacial score (nSPS) is 48.8. The predicted molar refractivity (Wildman–Crippen MR) is 66.4 cm³/mol. The van der Waals surface area contributed by atoms with E-state index in [1.54, 1.807) is 0 Å². The highest BCUT2D eigenvalue weighted by Gasteiger charge is 2.66. The van der Waals surface area contributed by atoms with Gasteiger partial charge in [0, 0.05) is 13.0 Å². The molecule has 0 unspecified atom stereocenters. The van der Waals surface area contributed by atoms with Gasteiger partial charge in [-0.05, 0) is 54.4 Å². The van der Waals surface area contributed by atoms with Crippen molar-refractivity contribution in [2.24, 2.45) is 29.1 Å². The van der Waals surface area contributed by atoms with Crippen LogP contribution in [0.4, 0.5) is 0 Å². The number of aliphatic hydroxyl groups is 1. The van der Waals surface area contributed by atoms with Crippen molar-refractivity contribution in [2.45, 2.75) is 40.0 Å². The Bertz CT molecular complexity index is 409. The monoisotopic (exact) mass is 234 g/mol. The Morgan fingerprint density at radius 1 is 1.47 bits per heavy atom. The van der Waals surface area contributed by atoms with Crippen molar-refractivity contribution < 1.29 is 9.90 Å². The first-order chi connectivity index (χ1) is 8.00. The smallest absolute Gasteiger partial charge is 0.158 e. The number of aliphatic hydroxyl groups excluding tert-OH is 1. The number of hydrogen-bond acceptors (Lipinski definition) is 2. The minimum absolute atomic E-state index is 0.0187.